The van der Waals surface area contributed by atoms with Crippen LogP contribution in [-0.4, -0.2) is 19.5 Å². The molecule has 0 saturated carbocycles. The number of para-hydroxylation sites is 1. The molecule has 0 fully saturated rings. The molecule has 2 heterocycles. The van der Waals surface area contributed by atoms with E-state index in [2.05, 4.69) is 24.2 Å². The van der Waals surface area contributed by atoms with Crippen molar-refractivity contribution in [3.63, 3.8) is 0 Å². The molecular weight excluding hydrogens is 238 g/mol. The van der Waals surface area contributed by atoms with Gasteiger partial charge in [0, 0.05) is 23.8 Å². The van der Waals surface area contributed by atoms with Crippen molar-refractivity contribution < 1.29 is 5.11 Å². The fraction of sp³-hybridized carbons (Fsp3) is 0.267. The first-order valence-electron chi connectivity index (χ1n) is 6.52. The van der Waals surface area contributed by atoms with E-state index in [0.717, 1.165) is 23.4 Å². The van der Waals surface area contributed by atoms with Crippen molar-refractivity contribution in [1.82, 2.24) is 14.3 Å². The predicted molar refractivity (Wildman–Crippen MR) is 74.9 cm³/mol. The van der Waals surface area contributed by atoms with Crippen molar-refractivity contribution in [2.75, 3.05) is 0 Å². The van der Waals surface area contributed by atoms with Crippen molar-refractivity contribution in [3.8, 4) is 0 Å². The number of fused-ring (bicyclic) bond motifs is 1. The highest BCUT2D eigenvalue weighted by atomic mass is 16.3. The molecule has 19 heavy (non-hydrogen) atoms. The van der Waals surface area contributed by atoms with Gasteiger partial charge in [-0.1, -0.05) is 18.2 Å². The van der Waals surface area contributed by atoms with Crippen molar-refractivity contribution in [2.45, 2.75) is 26.6 Å². The lowest BCUT2D eigenvalue weighted by Gasteiger charge is -2.05. The SMILES string of the molecule is CCn1nc(Cn2cccc2CO)c2ccccc21. The number of hydrogen-bond donors (Lipinski definition) is 1. The lowest BCUT2D eigenvalue weighted by Crippen LogP contribution is -2.05. The molecule has 0 unspecified atom stereocenters. The van der Waals surface area contributed by atoms with Crippen LogP contribution >= 0.6 is 0 Å². The highest BCUT2D eigenvalue weighted by molar-refractivity contribution is 5.81. The van der Waals surface area contributed by atoms with E-state index in [1.165, 1.54) is 5.39 Å². The fourth-order valence-corrected chi connectivity index (χ4v) is 2.46. The third-order valence-corrected chi connectivity index (χ3v) is 3.44. The van der Waals surface area contributed by atoms with Crippen molar-refractivity contribution in [3.05, 3.63) is 54.0 Å². The van der Waals surface area contributed by atoms with Gasteiger partial charge in [-0.25, -0.2) is 0 Å². The largest absolute Gasteiger partial charge is 0.390 e. The Morgan fingerprint density at radius 1 is 1.16 bits per heavy atom. The predicted octanol–water partition coefficient (Wildman–Crippen LogP) is 2.40. The minimum absolute atomic E-state index is 0.0550. The summed E-state index contributed by atoms with van der Waals surface area (Å²) in [6, 6.07) is 12.2. The van der Waals surface area contributed by atoms with Gasteiger partial charge in [0.1, 0.15) is 0 Å². The second-order valence-corrected chi connectivity index (χ2v) is 4.57. The van der Waals surface area contributed by atoms with E-state index in [0.29, 0.717) is 6.54 Å². The summed E-state index contributed by atoms with van der Waals surface area (Å²) in [5.41, 5.74) is 3.12. The number of rotatable bonds is 4. The standard InChI is InChI=1S/C15H17N3O/c1-2-18-15-8-4-3-7-13(15)14(16-18)10-17-9-5-6-12(17)11-19/h3-9,19H,2,10-11H2,1H3. The smallest absolute Gasteiger partial charge is 0.0900 e. The molecule has 1 N–H and O–H groups in total. The van der Waals surface area contributed by atoms with Crippen molar-refractivity contribution >= 4 is 10.9 Å². The number of nitrogens with zero attached hydrogens (tertiary/aromatic N) is 3. The summed E-state index contributed by atoms with van der Waals surface area (Å²) < 4.78 is 4.06. The summed E-state index contributed by atoms with van der Waals surface area (Å²) in [4.78, 5) is 0. The quantitative estimate of drug-likeness (QED) is 0.778. The Bertz CT molecular complexity index is 696. The highest BCUT2D eigenvalue weighted by Gasteiger charge is 2.10. The van der Waals surface area contributed by atoms with Crippen LogP contribution < -0.4 is 0 Å². The summed E-state index contributed by atoms with van der Waals surface area (Å²) in [7, 11) is 0. The summed E-state index contributed by atoms with van der Waals surface area (Å²) in [5.74, 6) is 0. The first-order valence-corrected chi connectivity index (χ1v) is 6.52. The van der Waals surface area contributed by atoms with Gasteiger partial charge in [0.2, 0.25) is 0 Å². The highest BCUT2D eigenvalue weighted by Crippen LogP contribution is 2.20. The van der Waals surface area contributed by atoms with Crippen molar-refractivity contribution in [2.24, 2.45) is 0 Å². The maximum absolute atomic E-state index is 9.30. The topological polar surface area (TPSA) is 43.0 Å². The fourth-order valence-electron chi connectivity index (χ4n) is 2.46. The van der Waals surface area contributed by atoms with E-state index in [1.807, 2.05) is 39.7 Å². The first-order chi connectivity index (χ1) is 9.33. The van der Waals surface area contributed by atoms with Gasteiger partial charge in [-0.3, -0.25) is 4.68 Å². The zero-order valence-corrected chi connectivity index (χ0v) is 11.0. The van der Waals surface area contributed by atoms with E-state index in [1.54, 1.807) is 0 Å². The van der Waals surface area contributed by atoms with E-state index in [-0.39, 0.29) is 6.61 Å². The minimum atomic E-state index is 0.0550. The summed E-state index contributed by atoms with van der Waals surface area (Å²) >= 11 is 0. The third kappa shape index (κ3) is 2.04. The Kier molecular flexibility index (Phi) is 3.09. The molecule has 3 rings (SSSR count). The molecule has 4 nitrogen and oxygen atoms in total. The summed E-state index contributed by atoms with van der Waals surface area (Å²) in [5, 5.41) is 15.2. The molecule has 0 atom stereocenters. The number of hydrogen-bond acceptors (Lipinski definition) is 2. The molecule has 98 valence electrons. The summed E-state index contributed by atoms with van der Waals surface area (Å²) in [6.45, 7) is 3.70. The van der Waals surface area contributed by atoms with Crippen molar-refractivity contribution in [1.29, 1.82) is 0 Å². The van der Waals surface area contributed by atoms with E-state index in [9.17, 15) is 5.11 Å². The van der Waals surface area contributed by atoms with Crippen LogP contribution in [0, 0.1) is 0 Å². The van der Waals surface area contributed by atoms with Crippen LogP contribution in [0.4, 0.5) is 0 Å². The lowest BCUT2D eigenvalue weighted by atomic mass is 10.2. The van der Waals surface area contributed by atoms with Crippen LogP contribution in [0.5, 0.6) is 0 Å². The second-order valence-electron chi connectivity index (χ2n) is 4.57. The molecule has 0 bridgehead atoms. The maximum Gasteiger partial charge on any atom is 0.0900 e. The number of aliphatic hydroxyl groups is 1. The molecule has 0 aliphatic rings. The number of aliphatic hydroxyl groups excluding tert-OH is 1. The Hall–Kier alpha value is -2.07. The van der Waals surface area contributed by atoms with Gasteiger partial charge in [0.05, 0.1) is 24.4 Å². The second kappa shape index (κ2) is 4.90. The Labute approximate surface area is 111 Å². The Balaban J connectivity index is 2.06. The maximum atomic E-state index is 9.30. The van der Waals surface area contributed by atoms with Gasteiger partial charge in [-0.05, 0) is 25.1 Å². The molecule has 0 radical (unpaired) electrons. The summed E-state index contributed by atoms with van der Waals surface area (Å²) in [6.07, 6.45) is 1.98. The molecule has 0 amide bonds. The molecular formula is C15H17N3O. The van der Waals surface area contributed by atoms with Crippen LogP contribution in [0.1, 0.15) is 18.3 Å². The molecule has 1 aromatic carbocycles. The van der Waals surface area contributed by atoms with E-state index < -0.39 is 0 Å². The van der Waals surface area contributed by atoms with Gasteiger partial charge in [-0.15, -0.1) is 0 Å². The third-order valence-electron chi connectivity index (χ3n) is 3.44. The van der Waals surface area contributed by atoms with Gasteiger partial charge in [0.25, 0.3) is 0 Å². The normalized spacial score (nSPS) is 11.3. The molecule has 2 aromatic heterocycles. The molecule has 4 heteroatoms. The van der Waals surface area contributed by atoms with Gasteiger partial charge in [0.15, 0.2) is 0 Å². The van der Waals surface area contributed by atoms with Crippen LogP contribution in [0.3, 0.4) is 0 Å². The molecule has 0 aliphatic carbocycles. The monoisotopic (exact) mass is 255 g/mol. The number of aryl methyl sites for hydroxylation is 1. The van der Waals surface area contributed by atoms with Crippen LogP contribution in [-0.2, 0) is 19.7 Å². The zero-order valence-electron chi connectivity index (χ0n) is 11.0. The van der Waals surface area contributed by atoms with Crippen LogP contribution in [0.15, 0.2) is 42.6 Å². The number of benzene rings is 1. The average molecular weight is 255 g/mol. The van der Waals surface area contributed by atoms with Crippen LogP contribution in [0.2, 0.25) is 0 Å². The van der Waals surface area contributed by atoms with Gasteiger partial charge in [-0.2, -0.15) is 5.10 Å². The van der Waals surface area contributed by atoms with Gasteiger partial charge >= 0.3 is 0 Å². The van der Waals surface area contributed by atoms with Gasteiger partial charge < -0.3 is 9.67 Å². The lowest BCUT2D eigenvalue weighted by molar-refractivity contribution is 0.271. The molecule has 0 saturated heterocycles. The zero-order chi connectivity index (χ0) is 13.2. The Morgan fingerprint density at radius 2 is 2.00 bits per heavy atom. The number of aromatic nitrogens is 3. The van der Waals surface area contributed by atoms with E-state index >= 15 is 0 Å². The average Bonchev–Trinajstić information content (AvgIpc) is 3.04. The molecule has 0 spiro atoms. The first kappa shape index (κ1) is 12.0. The Morgan fingerprint density at radius 3 is 2.79 bits per heavy atom. The van der Waals surface area contributed by atoms with E-state index in [4.69, 9.17) is 0 Å². The molecule has 0 aliphatic heterocycles. The minimum Gasteiger partial charge on any atom is -0.390 e. The molecule has 3 aromatic rings. The van der Waals surface area contributed by atoms with Crippen LogP contribution in [0.25, 0.3) is 10.9 Å².